The van der Waals surface area contributed by atoms with Gasteiger partial charge < -0.3 is 19.9 Å². The molecule has 196 valence electrons. The smallest absolute Gasteiger partial charge is 0.338 e. The van der Waals surface area contributed by atoms with E-state index < -0.39 is 5.97 Å². The van der Waals surface area contributed by atoms with Gasteiger partial charge in [0.15, 0.2) is 11.0 Å². The molecule has 1 heterocycles. The van der Waals surface area contributed by atoms with Gasteiger partial charge in [0.25, 0.3) is 5.91 Å². The minimum absolute atomic E-state index is 0.0719. The Labute approximate surface area is 221 Å². The molecule has 0 unspecified atom stereocenters. The summed E-state index contributed by atoms with van der Waals surface area (Å²) in [4.78, 5) is 37.2. The van der Waals surface area contributed by atoms with Crippen molar-refractivity contribution in [1.29, 1.82) is 0 Å². The van der Waals surface area contributed by atoms with E-state index in [1.54, 1.807) is 43.3 Å². The van der Waals surface area contributed by atoms with E-state index in [4.69, 9.17) is 4.74 Å². The third-order valence-corrected chi connectivity index (χ3v) is 6.59. The Hall–Kier alpha value is -3.66. The highest BCUT2D eigenvalue weighted by Gasteiger charge is 2.26. The molecule has 0 saturated carbocycles. The normalized spacial score (nSPS) is 11.7. The number of hydrogen-bond donors (Lipinski definition) is 2. The zero-order chi connectivity index (χ0) is 26.9. The Balaban J connectivity index is 1.65. The van der Waals surface area contributed by atoms with Crippen LogP contribution in [0.5, 0.6) is 0 Å². The molecule has 2 amide bonds. The Bertz CT molecular complexity index is 1220. The van der Waals surface area contributed by atoms with E-state index in [1.807, 2.05) is 44.4 Å². The zero-order valence-electron chi connectivity index (χ0n) is 21.8. The van der Waals surface area contributed by atoms with E-state index in [0.717, 1.165) is 5.56 Å². The summed E-state index contributed by atoms with van der Waals surface area (Å²) in [5.41, 5.74) is 2.67. The topological polar surface area (TPSA) is 115 Å². The van der Waals surface area contributed by atoms with Crippen molar-refractivity contribution in [3.8, 4) is 0 Å². The summed E-state index contributed by atoms with van der Waals surface area (Å²) in [5, 5.41) is 15.2. The van der Waals surface area contributed by atoms with Gasteiger partial charge in [-0.1, -0.05) is 43.3 Å². The fourth-order valence-corrected chi connectivity index (χ4v) is 4.43. The molecule has 10 heteroatoms. The van der Waals surface area contributed by atoms with Gasteiger partial charge in [0.05, 0.1) is 24.0 Å². The molecule has 1 aromatic heterocycles. The van der Waals surface area contributed by atoms with E-state index in [1.165, 1.54) is 11.8 Å². The quantitative estimate of drug-likeness (QED) is 0.278. The van der Waals surface area contributed by atoms with Crippen LogP contribution in [-0.4, -0.2) is 44.9 Å². The lowest BCUT2D eigenvalue weighted by Gasteiger charge is -2.22. The van der Waals surface area contributed by atoms with Gasteiger partial charge in [-0.2, -0.15) is 0 Å². The SMILES string of the molecule is CCOC(=O)c1ccc(NC(=O)CSc2nnc([C@@H](NC(=O)c3ccc(C)cc3)C(C)C)n2CC)cc1. The molecule has 0 aliphatic heterocycles. The summed E-state index contributed by atoms with van der Waals surface area (Å²) in [7, 11) is 0. The van der Waals surface area contributed by atoms with Gasteiger partial charge in [-0.25, -0.2) is 4.79 Å². The van der Waals surface area contributed by atoms with Gasteiger partial charge >= 0.3 is 5.97 Å². The van der Waals surface area contributed by atoms with Crippen LogP contribution in [0.25, 0.3) is 0 Å². The number of aromatic nitrogens is 3. The molecule has 0 radical (unpaired) electrons. The molecular weight excluding hydrogens is 490 g/mol. The number of aryl methyl sites for hydroxylation is 1. The lowest BCUT2D eigenvalue weighted by molar-refractivity contribution is -0.113. The van der Waals surface area contributed by atoms with Crippen LogP contribution in [0.3, 0.4) is 0 Å². The Morgan fingerprint density at radius 1 is 0.973 bits per heavy atom. The highest BCUT2D eigenvalue weighted by atomic mass is 32.2. The molecular formula is C27H33N5O4S. The van der Waals surface area contributed by atoms with Crippen molar-refractivity contribution < 1.29 is 19.1 Å². The highest BCUT2D eigenvalue weighted by Crippen LogP contribution is 2.26. The lowest BCUT2D eigenvalue weighted by Crippen LogP contribution is -2.33. The monoisotopic (exact) mass is 523 g/mol. The molecule has 2 N–H and O–H groups in total. The van der Waals surface area contributed by atoms with Crippen LogP contribution in [0.15, 0.2) is 53.7 Å². The van der Waals surface area contributed by atoms with Crippen molar-refractivity contribution in [3.05, 3.63) is 71.0 Å². The molecule has 2 aromatic carbocycles. The van der Waals surface area contributed by atoms with Crippen LogP contribution >= 0.6 is 11.8 Å². The second kappa shape index (κ2) is 13.0. The van der Waals surface area contributed by atoms with E-state index in [2.05, 4.69) is 20.8 Å². The van der Waals surface area contributed by atoms with Crippen molar-refractivity contribution in [3.63, 3.8) is 0 Å². The first kappa shape index (κ1) is 27.9. The van der Waals surface area contributed by atoms with E-state index in [-0.39, 0.29) is 29.5 Å². The van der Waals surface area contributed by atoms with E-state index >= 15 is 0 Å². The summed E-state index contributed by atoms with van der Waals surface area (Å²) in [6.07, 6.45) is 0. The summed E-state index contributed by atoms with van der Waals surface area (Å²) >= 11 is 1.27. The molecule has 9 nitrogen and oxygen atoms in total. The molecule has 0 aliphatic carbocycles. The van der Waals surface area contributed by atoms with E-state index in [0.29, 0.717) is 40.9 Å². The maximum Gasteiger partial charge on any atom is 0.338 e. The van der Waals surface area contributed by atoms with Crippen LogP contribution in [0.2, 0.25) is 0 Å². The molecule has 1 atom stereocenters. The maximum atomic E-state index is 12.9. The average molecular weight is 524 g/mol. The fraction of sp³-hybridized carbons (Fsp3) is 0.370. The van der Waals surface area contributed by atoms with Crippen molar-refractivity contribution in [2.24, 2.45) is 5.92 Å². The number of thioether (sulfide) groups is 1. The van der Waals surface area contributed by atoms with Crippen molar-refractivity contribution >= 4 is 35.2 Å². The number of ether oxygens (including phenoxy) is 1. The average Bonchev–Trinajstić information content (AvgIpc) is 3.29. The molecule has 3 rings (SSSR count). The van der Waals surface area contributed by atoms with Crippen molar-refractivity contribution in [2.75, 3.05) is 17.7 Å². The van der Waals surface area contributed by atoms with Crippen LogP contribution in [0, 0.1) is 12.8 Å². The molecule has 37 heavy (non-hydrogen) atoms. The maximum absolute atomic E-state index is 12.9. The summed E-state index contributed by atoms with van der Waals surface area (Å²) < 4.78 is 6.89. The third-order valence-electron chi connectivity index (χ3n) is 5.62. The van der Waals surface area contributed by atoms with Crippen LogP contribution < -0.4 is 10.6 Å². The van der Waals surface area contributed by atoms with Gasteiger partial charge in [-0.15, -0.1) is 10.2 Å². The molecule has 3 aromatic rings. The number of amides is 2. The molecule has 0 fully saturated rings. The van der Waals surface area contributed by atoms with Gasteiger partial charge in [0.2, 0.25) is 5.91 Å². The minimum atomic E-state index is -0.402. The standard InChI is InChI=1S/C27H33N5O4S/c1-6-32-24(23(17(3)4)29-25(34)19-10-8-18(5)9-11-19)30-31-27(32)37-16-22(33)28-21-14-12-20(13-15-21)26(35)36-7-2/h8-15,17,23H,6-7,16H2,1-5H3,(H,28,33)(H,29,34)/t23-/m0/s1. The summed E-state index contributed by atoms with van der Waals surface area (Å²) in [6, 6.07) is 13.6. The van der Waals surface area contributed by atoms with E-state index in [9.17, 15) is 14.4 Å². The molecule has 0 spiro atoms. The van der Waals surface area contributed by atoms with Crippen LogP contribution in [0.1, 0.15) is 65.8 Å². The number of benzene rings is 2. The second-order valence-corrected chi connectivity index (χ2v) is 9.72. The number of nitrogens with one attached hydrogen (secondary N) is 2. The third kappa shape index (κ3) is 7.42. The first-order valence-electron chi connectivity index (χ1n) is 12.2. The van der Waals surface area contributed by atoms with Crippen molar-refractivity contribution in [1.82, 2.24) is 20.1 Å². The summed E-state index contributed by atoms with van der Waals surface area (Å²) in [5.74, 6) is 0.0550. The fourth-order valence-electron chi connectivity index (χ4n) is 3.62. The number of hydrogen-bond acceptors (Lipinski definition) is 7. The Kier molecular flexibility index (Phi) is 9.85. The molecule has 0 saturated heterocycles. The number of anilines is 1. The van der Waals surface area contributed by atoms with Gasteiger partial charge in [-0.05, 0) is 63.1 Å². The zero-order valence-corrected chi connectivity index (χ0v) is 22.6. The minimum Gasteiger partial charge on any atom is -0.462 e. The Morgan fingerprint density at radius 2 is 1.62 bits per heavy atom. The number of carbonyl (C=O) groups is 3. The summed E-state index contributed by atoms with van der Waals surface area (Å²) in [6.45, 7) is 10.6. The lowest BCUT2D eigenvalue weighted by atomic mass is 10.0. The molecule has 0 bridgehead atoms. The first-order chi connectivity index (χ1) is 17.7. The van der Waals surface area contributed by atoms with Crippen LogP contribution in [0.4, 0.5) is 5.69 Å². The van der Waals surface area contributed by atoms with Crippen molar-refractivity contribution in [2.45, 2.75) is 52.4 Å². The largest absolute Gasteiger partial charge is 0.462 e. The predicted molar refractivity (Wildman–Crippen MR) is 144 cm³/mol. The number of nitrogens with zero attached hydrogens (tertiary/aromatic N) is 3. The predicted octanol–water partition coefficient (Wildman–Crippen LogP) is 4.64. The highest BCUT2D eigenvalue weighted by molar-refractivity contribution is 7.99. The first-order valence-corrected chi connectivity index (χ1v) is 13.2. The molecule has 0 aliphatic rings. The second-order valence-electron chi connectivity index (χ2n) is 8.78. The van der Waals surface area contributed by atoms with Gasteiger partial charge in [0, 0.05) is 17.8 Å². The number of carbonyl (C=O) groups excluding carboxylic acids is 3. The number of rotatable bonds is 11. The van der Waals surface area contributed by atoms with Crippen LogP contribution in [-0.2, 0) is 16.1 Å². The number of esters is 1. The van der Waals surface area contributed by atoms with Gasteiger partial charge in [0.1, 0.15) is 0 Å². The van der Waals surface area contributed by atoms with Gasteiger partial charge in [-0.3, -0.25) is 9.59 Å². The Morgan fingerprint density at radius 3 is 2.22 bits per heavy atom.